The Morgan fingerprint density at radius 2 is 1.63 bits per heavy atom. The first-order valence-corrected chi connectivity index (χ1v) is 8.69. The van der Waals surface area contributed by atoms with E-state index in [1.807, 2.05) is 24.3 Å². The van der Waals surface area contributed by atoms with Crippen LogP contribution in [-0.2, 0) is 12.0 Å². The van der Waals surface area contributed by atoms with Gasteiger partial charge in [0.25, 0.3) is 5.89 Å². The van der Waals surface area contributed by atoms with Gasteiger partial charge in [-0.05, 0) is 35.2 Å². The van der Waals surface area contributed by atoms with Crippen LogP contribution in [0.15, 0.2) is 46.9 Å². The van der Waals surface area contributed by atoms with E-state index >= 15 is 0 Å². The van der Waals surface area contributed by atoms with Crippen molar-refractivity contribution in [1.82, 2.24) is 10.2 Å². The van der Waals surface area contributed by atoms with Crippen molar-refractivity contribution >= 4 is 0 Å². The number of methoxy groups -OCH3 is 2. The van der Waals surface area contributed by atoms with Crippen LogP contribution < -0.4 is 14.2 Å². The molecular weight excluding hydrogens is 344 g/mol. The summed E-state index contributed by atoms with van der Waals surface area (Å²) in [6.45, 7) is 6.65. The fourth-order valence-corrected chi connectivity index (χ4v) is 2.75. The number of para-hydroxylation sites is 1. The summed E-state index contributed by atoms with van der Waals surface area (Å²) in [4.78, 5) is 0. The first kappa shape index (κ1) is 18.8. The summed E-state index contributed by atoms with van der Waals surface area (Å²) in [5.41, 5.74) is 1.86. The topological polar surface area (TPSA) is 66.6 Å². The Morgan fingerprint density at radius 3 is 2.33 bits per heavy atom. The first-order valence-electron chi connectivity index (χ1n) is 8.69. The van der Waals surface area contributed by atoms with Gasteiger partial charge in [0, 0.05) is 5.56 Å². The van der Waals surface area contributed by atoms with Crippen molar-refractivity contribution in [2.24, 2.45) is 0 Å². The molecule has 0 fully saturated rings. The van der Waals surface area contributed by atoms with Crippen molar-refractivity contribution < 1.29 is 18.6 Å². The van der Waals surface area contributed by atoms with Crippen LogP contribution in [0.2, 0.25) is 0 Å². The number of hydrogen-bond donors (Lipinski definition) is 0. The molecule has 0 unspecified atom stereocenters. The molecule has 142 valence electrons. The zero-order valence-electron chi connectivity index (χ0n) is 16.3. The molecule has 0 spiro atoms. The molecule has 1 aromatic heterocycles. The molecule has 27 heavy (non-hydrogen) atoms. The van der Waals surface area contributed by atoms with Gasteiger partial charge in [-0.15, -0.1) is 10.2 Å². The monoisotopic (exact) mass is 368 g/mol. The van der Waals surface area contributed by atoms with Crippen molar-refractivity contribution in [3.63, 3.8) is 0 Å². The second kappa shape index (κ2) is 7.70. The normalized spacial score (nSPS) is 11.3. The highest BCUT2D eigenvalue weighted by Gasteiger charge is 2.19. The third-order valence-electron chi connectivity index (χ3n) is 4.14. The average Bonchev–Trinajstić information content (AvgIpc) is 3.14. The lowest BCUT2D eigenvalue weighted by Gasteiger charge is -2.22. The number of rotatable bonds is 6. The summed E-state index contributed by atoms with van der Waals surface area (Å²) in [5.74, 6) is 2.87. The molecule has 0 aliphatic carbocycles. The third kappa shape index (κ3) is 4.22. The molecule has 0 amide bonds. The van der Waals surface area contributed by atoms with Gasteiger partial charge < -0.3 is 18.6 Å². The largest absolute Gasteiger partial charge is 0.493 e. The van der Waals surface area contributed by atoms with Crippen molar-refractivity contribution in [2.75, 3.05) is 14.2 Å². The van der Waals surface area contributed by atoms with E-state index in [1.54, 1.807) is 26.4 Å². The molecule has 3 rings (SSSR count). The van der Waals surface area contributed by atoms with Crippen LogP contribution in [0.25, 0.3) is 11.5 Å². The molecule has 6 heteroatoms. The van der Waals surface area contributed by atoms with Crippen molar-refractivity contribution in [3.8, 4) is 28.7 Å². The van der Waals surface area contributed by atoms with E-state index in [9.17, 15) is 0 Å². The lowest BCUT2D eigenvalue weighted by Crippen LogP contribution is -2.13. The molecule has 3 aromatic rings. The molecule has 0 aliphatic rings. The molecule has 0 saturated heterocycles. The number of ether oxygens (including phenoxy) is 3. The standard InChI is InChI=1S/C21H24N2O4/c1-21(2,3)15-8-6-7-9-16(15)26-13-19-22-23-20(27-19)14-10-11-17(24-4)18(12-14)25-5/h6-12H,13H2,1-5H3. The molecule has 0 saturated carbocycles. The molecule has 0 radical (unpaired) electrons. The smallest absolute Gasteiger partial charge is 0.254 e. The summed E-state index contributed by atoms with van der Waals surface area (Å²) in [5, 5.41) is 8.19. The summed E-state index contributed by atoms with van der Waals surface area (Å²) < 4.78 is 22.2. The molecular formula is C21H24N2O4. The zero-order valence-corrected chi connectivity index (χ0v) is 16.3. The highest BCUT2D eigenvalue weighted by molar-refractivity contribution is 5.59. The van der Waals surface area contributed by atoms with Crippen molar-refractivity contribution in [3.05, 3.63) is 53.9 Å². The van der Waals surface area contributed by atoms with Crippen molar-refractivity contribution in [1.29, 1.82) is 0 Å². The summed E-state index contributed by atoms with van der Waals surface area (Å²) in [6, 6.07) is 13.4. The number of aromatic nitrogens is 2. The SMILES string of the molecule is COc1ccc(-c2nnc(COc3ccccc3C(C)(C)C)o2)cc1OC. The van der Waals surface area contributed by atoms with Gasteiger partial charge in [0.2, 0.25) is 5.89 Å². The molecule has 0 N–H and O–H groups in total. The Hall–Kier alpha value is -3.02. The van der Waals surface area contributed by atoms with Gasteiger partial charge in [-0.3, -0.25) is 0 Å². The summed E-state index contributed by atoms with van der Waals surface area (Å²) in [7, 11) is 3.18. The number of hydrogen-bond acceptors (Lipinski definition) is 6. The molecule has 0 aliphatic heterocycles. The summed E-state index contributed by atoms with van der Waals surface area (Å²) >= 11 is 0. The number of nitrogens with zero attached hydrogens (tertiary/aromatic N) is 2. The second-order valence-electron chi connectivity index (χ2n) is 7.11. The predicted molar refractivity (Wildman–Crippen MR) is 102 cm³/mol. The molecule has 0 bridgehead atoms. The van der Waals surface area contributed by atoms with E-state index in [4.69, 9.17) is 18.6 Å². The van der Waals surface area contributed by atoms with Crippen LogP contribution >= 0.6 is 0 Å². The van der Waals surface area contributed by atoms with Gasteiger partial charge >= 0.3 is 0 Å². The molecule has 1 heterocycles. The second-order valence-corrected chi connectivity index (χ2v) is 7.11. The minimum absolute atomic E-state index is 0.0176. The van der Waals surface area contributed by atoms with E-state index in [0.29, 0.717) is 23.3 Å². The molecule has 0 atom stereocenters. The van der Waals surface area contributed by atoms with Gasteiger partial charge in [0.15, 0.2) is 18.1 Å². The van der Waals surface area contributed by atoms with Crippen LogP contribution in [0.4, 0.5) is 0 Å². The fourth-order valence-electron chi connectivity index (χ4n) is 2.75. The van der Waals surface area contributed by atoms with Gasteiger partial charge in [-0.25, -0.2) is 0 Å². The average molecular weight is 368 g/mol. The van der Waals surface area contributed by atoms with E-state index in [-0.39, 0.29) is 12.0 Å². The highest BCUT2D eigenvalue weighted by atomic mass is 16.5. The maximum atomic E-state index is 5.94. The number of benzene rings is 2. The first-order chi connectivity index (χ1) is 12.9. The van der Waals surface area contributed by atoms with Crippen LogP contribution in [-0.4, -0.2) is 24.4 Å². The van der Waals surface area contributed by atoms with E-state index in [1.165, 1.54) is 0 Å². The highest BCUT2D eigenvalue weighted by Crippen LogP contribution is 2.33. The molecule has 6 nitrogen and oxygen atoms in total. The van der Waals surface area contributed by atoms with Gasteiger partial charge in [0.1, 0.15) is 5.75 Å². The Balaban J connectivity index is 1.76. The zero-order chi connectivity index (χ0) is 19.4. The van der Waals surface area contributed by atoms with E-state index in [0.717, 1.165) is 16.9 Å². The third-order valence-corrected chi connectivity index (χ3v) is 4.14. The van der Waals surface area contributed by atoms with Gasteiger partial charge in [-0.1, -0.05) is 39.0 Å². The Labute approximate surface area is 159 Å². The summed E-state index contributed by atoms with van der Waals surface area (Å²) in [6.07, 6.45) is 0. The molecule has 2 aromatic carbocycles. The van der Waals surface area contributed by atoms with E-state index in [2.05, 4.69) is 37.0 Å². The Bertz CT molecular complexity index is 913. The van der Waals surface area contributed by atoms with Gasteiger partial charge in [0.05, 0.1) is 14.2 Å². The van der Waals surface area contributed by atoms with Gasteiger partial charge in [-0.2, -0.15) is 0 Å². The fraction of sp³-hybridized carbons (Fsp3) is 0.333. The Morgan fingerprint density at radius 1 is 0.889 bits per heavy atom. The lowest BCUT2D eigenvalue weighted by molar-refractivity contribution is 0.258. The van der Waals surface area contributed by atoms with Crippen molar-refractivity contribution in [2.45, 2.75) is 32.8 Å². The van der Waals surface area contributed by atoms with Crippen LogP contribution in [0, 0.1) is 0 Å². The lowest BCUT2D eigenvalue weighted by atomic mass is 9.86. The maximum absolute atomic E-state index is 5.94. The van der Waals surface area contributed by atoms with E-state index < -0.39 is 0 Å². The minimum atomic E-state index is -0.0176. The Kier molecular flexibility index (Phi) is 5.35. The minimum Gasteiger partial charge on any atom is -0.493 e. The predicted octanol–water partition coefficient (Wildman–Crippen LogP) is 4.63. The van der Waals surface area contributed by atoms with Crippen LogP contribution in [0.5, 0.6) is 17.2 Å². The quantitative estimate of drug-likeness (QED) is 0.632. The maximum Gasteiger partial charge on any atom is 0.254 e. The van der Waals surface area contributed by atoms with Crippen LogP contribution in [0.1, 0.15) is 32.2 Å². The van der Waals surface area contributed by atoms with Crippen LogP contribution in [0.3, 0.4) is 0 Å².